The van der Waals surface area contributed by atoms with Gasteiger partial charge in [-0.15, -0.1) is 0 Å². The summed E-state index contributed by atoms with van der Waals surface area (Å²) in [5.74, 6) is 0. The summed E-state index contributed by atoms with van der Waals surface area (Å²) in [6, 6.07) is 1.14. The molecule has 3 nitrogen and oxygen atoms in total. The highest BCUT2D eigenvalue weighted by molar-refractivity contribution is 4.82. The predicted octanol–water partition coefficient (Wildman–Crippen LogP) is 2.12. The van der Waals surface area contributed by atoms with Crippen LogP contribution < -0.4 is 5.32 Å². The minimum atomic E-state index is 0.329. The van der Waals surface area contributed by atoms with Gasteiger partial charge in [0.15, 0.2) is 0 Å². The molecule has 0 aromatic rings. The van der Waals surface area contributed by atoms with Gasteiger partial charge in [0.25, 0.3) is 0 Å². The van der Waals surface area contributed by atoms with E-state index in [9.17, 15) is 0 Å². The normalized spacial score (nSPS) is 29.3. The number of hydrogen-bond donors (Lipinski definition) is 1. The van der Waals surface area contributed by atoms with Crippen LogP contribution in [-0.4, -0.2) is 49.8 Å². The predicted molar refractivity (Wildman–Crippen MR) is 73.4 cm³/mol. The lowest BCUT2D eigenvalue weighted by atomic mass is 9.84. The lowest BCUT2D eigenvalue weighted by molar-refractivity contribution is -0.0510. The Kier molecular flexibility index (Phi) is 5.42. The number of ether oxygens (including phenoxy) is 1. The maximum atomic E-state index is 5.66. The third-order valence-electron chi connectivity index (χ3n) is 3.84. The molecular formula is C14H30N2O. The zero-order valence-electron chi connectivity index (χ0n) is 12.4. The van der Waals surface area contributed by atoms with E-state index in [0.29, 0.717) is 23.6 Å². The lowest BCUT2D eigenvalue weighted by Crippen LogP contribution is -2.49. The summed E-state index contributed by atoms with van der Waals surface area (Å²) in [6.07, 6.45) is 1.59. The molecule has 0 radical (unpaired) electrons. The average molecular weight is 242 g/mol. The number of nitrogens with zero attached hydrogens (tertiary/aromatic N) is 1. The summed E-state index contributed by atoms with van der Waals surface area (Å²) in [4.78, 5) is 2.56. The smallest absolute Gasteiger partial charge is 0.0674 e. The SMILES string of the molecule is CNC(CCN1CC(C)OCC1C)C(C)(C)C. The number of nitrogens with one attached hydrogen (secondary N) is 1. The van der Waals surface area contributed by atoms with E-state index in [1.807, 2.05) is 0 Å². The van der Waals surface area contributed by atoms with Crippen molar-refractivity contribution in [3.63, 3.8) is 0 Å². The topological polar surface area (TPSA) is 24.5 Å². The first-order chi connectivity index (χ1) is 7.84. The third kappa shape index (κ3) is 4.57. The summed E-state index contributed by atoms with van der Waals surface area (Å²) in [6.45, 7) is 14.5. The van der Waals surface area contributed by atoms with E-state index in [0.717, 1.165) is 19.7 Å². The Morgan fingerprint density at radius 1 is 1.35 bits per heavy atom. The van der Waals surface area contributed by atoms with Crippen molar-refractivity contribution in [1.29, 1.82) is 0 Å². The van der Waals surface area contributed by atoms with Crippen LogP contribution in [0.4, 0.5) is 0 Å². The maximum absolute atomic E-state index is 5.66. The second-order valence-corrected chi connectivity index (χ2v) is 6.48. The summed E-state index contributed by atoms with van der Waals surface area (Å²) in [5.41, 5.74) is 0.329. The zero-order valence-corrected chi connectivity index (χ0v) is 12.4. The van der Waals surface area contributed by atoms with Crippen LogP contribution in [0.25, 0.3) is 0 Å². The van der Waals surface area contributed by atoms with Crippen molar-refractivity contribution in [3.05, 3.63) is 0 Å². The molecule has 1 aliphatic rings. The van der Waals surface area contributed by atoms with E-state index >= 15 is 0 Å². The molecule has 3 atom stereocenters. The van der Waals surface area contributed by atoms with Crippen LogP contribution in [-0.2, 0) is 4.74 Å². The van der Waals surface area contributed by atoms with Crippen LogP contribution in [0.2, 0.25) is 0 Å². The molecule has 1 N–H and O–H groups in total. The van der Waals surface area contributed by atoms with Gasteiger partial charge >= 0.3 is 0 Å². The molecule has 0 aromatic heterocycles. The van der Waals surface area contributed by atoms with E-state index in [-0.39, 0.29) is 0 Å². The maximum Gasteiger partial charge on any atom is 0.0674 e. The molecule has 0 aliphatic carbocycles. The van der Waals surface area contributed by atoms with Gasteiger partial charge in [-0.2, -0.15) is 0 Å². The van der Waals surface area contributed by atoms with Crippen molar-refractivity contribution in [3.8, 4) is 0 Å². The van der Waals surface area contributed by atoms with Crippen LogP contribution in [0, 0.1) is 5.41 Å². The number of hydrogen-bond acceptors (Lipinski definition) is 3. The third-order valence-corrected chi connectivity index (χ3v) is 3.84. The van der Waals surface area contributed by atoms with Gasteiger partial charge < -0.3 is 10.1 Å². The Labute approximate surface area is 107 Å². The Morgan fingerprint density at radius 2 is 2.00 bits per heavy atom. The molecule has 1 saturated heterocycles. The highest BCUT2D eigenvalue weighted by Crippen LogP contribution is 2.22. The van der Waals surface area contributed by atoms with E-state index in [1.165, 1.54) is 6.42 Å². The molecule has 3 unspecified atom stereocenters. The van der Waals surface area contributed by atoms with E-state index in [4.69, 9.17) is 4.74 Å². The first-order valence-corrected chi connectivity index (χ1v) is 6.87. The Balaban J connectivity index is 2.42. The molecule has 1 rings (SSSR count). The fourth-order valence-corrected chi connectivity index (χ4v) is 2.59. The molecule has 0 aromatic carbocycles. The van der Waals surface area contributed by atoms with Gasteiger partial charge in [0.2, 0.25) is 0 Å². The van der Waals surface area contributed by atoms with Crippen LogP contribution >= 0.6 is 0 Å². The molecule has 102 valence electrons. The first-order valence-electron chi connectivity index (χ1n) is 6.87. The molecule has 1 fully saturated rings. The minimum absolute atomic E-state index is 0.329. The number of morpholine rings is 1. The van der Waals surface area contributed by atoms with Crippen molar-refractivity contribution >= 4 is 0 Å². The van der Waals surface area contributed by atoms with Crippen molar-refractivity contribution in [2.75, 3.05) is 26.7 Å². The summed E-state index contributed by atoms with van der Waals surface area (Å²) in [5, 5.41) is 3.45. The minimum Gasteiger partial charge on any atom is -0.376 e. The van der Waals surface area contributed by atoms with Gasteiger partial charge in [-0.1, -0.05) is 20.8 Å². The Bertz CT molecular complexity index is 225. The van der Waals surface area contributed by atoms with Gasteiger partial charge in [0.05, 0.1) is 12.7 Å². The molecule has 0 bridgehead atoms. The fraction of sp³-hybridized carbons (Fsp3) is 1.00. The van der Waals surface area contributed by atoms with E-state index in [2.05, 4.69) is 51.9 Å². The highest BCUT2D eigenvalue weighted by Gasteiger charge is 2.27. The molecule has 1 heterocycles. The van der Waals surface area contributed by atoms with Gasteiger partial charge in [-0.3, -0.25) is 4.90 Å². The lowest BCUT2D eigenvalue weighted by Gasteiger charge is -2.39. The molecular weight excluding hydrogens is 212 g/mol. The van der Waals surface area contributed by atoms with Crippen LogP contribution in [0.3, 0.4) is 0 Å². The van der Waals surface area contributed by atoms with Gasteiger partial charge in [0, 0.05) is 25.2 Å². The summed E-state index contributed by atoms with van der Waals surface area (Å²) >= 11 is 0. The van der Waals surface area contributed by atoms with Crippen molar-refractivity contribution in [2.45, 2.75) is 59.2 Å². The molecule has 1 aliphatic heterocycles. The second-order valence-electron chi connectivity index (χ2n) is 6.48. The number of rotatable bonds is 4. The fourth-order valence-electron chi connectivity index (χ4n) is 2.59. The van der Waals surface area contributed by atoms with Gasteiger partial charge in [-0.05, 0) is 32.7 Å². The molecule has 0 spiro atoms. The van der Waals surface area contributed by atoms with Gasteiger partial charge in [-0.25, -0.2) is 0 Å². The Morgan fingerprint density at radius 3 is 2.53 bits per heavy atom. The van der Waals surface area contributed by atoms with Crippen LogP contribution in [0.15, 0.2) is 0 Å². The van der Waals surface area contributed by atoms with Crippen molar-refractivity contribution in [2.24, 2.45) is 5.41 Å². The monoisotopic (exact) mass is 242 g/mol. The van der Waals surface area contributed by atoms with E-state index in [1.54, 1.807) is 0 Å². The average Bonchev–Trinajstić information content (AvgIpc) is 2.22. The van der Waals surface area contributed by atoms with Crippen molar-refractivity contribution in [1.82, 2.24) is 10.2 Å². The molecule has 17 heavy (non-hydrogen) atoms. The zero-order chi connectivity index (χ0) is 13.1. The summed E-state index contributed by atoms with van der Waals surface area (Å²) < 4.78 is 5.66. The molecule has 0 saturated carbocycles. The van der Waals surface area contributed by atoms with E-state index < -0.39 is 0 Å². The summed E-state index contributed by atoms with van der Waals surface area (Å²) in [7, 11) is 2.07. The largest absolute Gasteiger partial charge is 0.376 e. The second kappa shape index (κ2) is 6.17. The quantitative estimate of drug-likeness (QED) is 0.817. The molecule has 3 heteroatoms. The Hall–Kier alpha value is -0.120. The standard InChI is InChI=1S/C14H30N2O/c1-11-10-17-12(2)9-16(11)8-7-13(15-6)14(3,4)5/h11-13,15H,7-10H2,1-6H3. The van der Waals surface area contributed by atoms with Gasteiger partial charge in [0.1, 0.15) is 0 Å². The van der Waals surface area contributed by atoms with Crippen molar-refractivity contribution < 1.29 is 4.74 Å². The molecule has 0 amide bonds. The first kappa shape index (κ1) is 14.9. The van der Waals surface area contributed by atoms with Crippen LogP contribution in [0.5, 0.6) is 0 Å². The van der Waals surface area contributed by atoms with Crippen LogP contribution in [0.1, 0.15) is 41.0 Å². The highest BCUT2D eigenvalue weighted by atomic mass is 16.5.